The summed E-state index contributed by atoms with van der Waals surface area (Å²) in [6, 6.07) is 7.39. The SMILES string of the molecule is C[C@@H]1CC[C@H](O)C(=O)[C@@H]1c1ccccc1Cl. The predicted molar refractivity (Wildman–Crippen MR) is 63.6 cm³/mol. The third kappa shape index (κ3) is 2.00. The molecule has 16 heavy (non-hydrogen) atoms. The van der Waals surface area contributed by atoms with Gasteiger partial charge in [-0.3, -0.25) is 4.79 Å². The van der Waals surface area contributed by atoms with Crippen molar-refractivity contribution in [2.24, 2.45) is 5.92 Å². The highest BCUT2D eigenvalue weighted by Crippen LogP contribution is 2.37. The van der Waals surface area contributed by atoms with Gasteiger partial charge >= 0.3 is 0 Å². The van der Waals surface area contributed by atoms with Gasteiger partial charge in [-0.1, -0.05) is 36.7 Å². The van der Waals surface area contributed by atoms with Crippen LogP contribution < -0.4 is 0 Å². The lowest BCUT2D eigenvalue weighted by Crippen LogP contribution is -2.35. The summed E-state index contributed by atoms with van der Waals surface area (Å²) < 4.78 is 0. The van der Waals surface area contributed by atoms with E-state index in [1.807, 2.05) is 25.1 Å². The van der Waals surface area contributed by atoms with Crippen molar-refractivity contribution in [3.8, 4) is 0 Å². The molecule has 3 heteroatoms. The van der Waals surface area contributed by atoms with Crippen LogP contribution in [0.25, 0.3) is 0 Å². The third-order valence-electron chi connectivity index (χ3n) is 3.34. The molecule has 86 valence electrons. The van der Waals surface area contributed by atoms with Crippen LogP contribution in [0.1, 0.15) is 31.2 Å². The molecule has 1 aromatic rings. The molecule has 0 spiro atoms. The van der Waals surface area contributed by atoms with E-state index < -0.39 is 6.10 Å². The molecule has 1 N–H and O–H groups in total. The highest BCUT2D eigenvalue weighted by atomic mass is 35.5. The number of carbonyl (C=O) groups excluding carboxylic acids is 1. The van der Waals surface area contributed by atoms with Gasteiger partial charge in [0.15, 0.2) is 5.78 Å². The Morgan fingerprint density at radius 1 is 1.31 bits per heavy atom. The summed E-state index contributed by atoms with van der Waals surface area (Å²) in [5.74, 6) is -0.0971. The first kappa shape index (κ1) is 11.6. The molecule has 0 aromatic heterocycles. The molecule has 1 aromatic carbocycles. The van der Waals surface area contributed by atoms with E-state index in [0.717, 1.165) is 12.0 Å². The van der Waals surface area contributed by atoms with Crippen LogP contribution in [-0.2, 0) is 4.79 Å². The summed E-state index contributed by atoms with van der Waals surface area (Å²) in [4.78, 5) is 12.0. The average Bonchev–Trinajstić information content (AvgIpc) is 2.27. The fourth-order valence-corrected chi connectivity index (χ4v) is 2.66. The minimum atomic E-state index is -0.822. The molecule has 0 aliphatic heterocycles. The Balaban J connectivity index is 2.38. The van der Waals surface area contributed by atoms with Crippen LogP contribution in [0.2, 0.25) is 5.02 Å². The minimum absolute atomic E-state index is 0.0909. The van der Waals surface area contributed by atoms with Crippen molar-refractivity contribution in [3.05, 3.63) is 34.9 Å². The Morgan fingerprint density at radius 2 is 2.00 bits per heavy atom. The van der Waals surface area contributed by atoms with Gasteiger partial charge in [-0.05, 0) is 30.4 Å². The van der Waals surface area contributed by atoms with Gasteiger partial charge in [0.25, 0.3) is 0 Å². The van der Waals surface area contributed by atoms with Crippen molar-refractivity contribution in [2.75, 3.05) is 0 Å². The van der Waals surface area contributed by atoms with E-state index in [2.05, 4.69) is 0 Å². The van der Waals surface area contributed by atoms with Gasteiger partial charge in [0, 0.05) is 10.9 Å². The van der Waals surface area contributed by atoms with Crippen molar-refractivity contribution in [2.45, 2.75) is 31.8 Å². The second kappa shape index (κ2) is 4.56. The van der Waals surface area contributed by atoms with Gasteiger partial charge in [-0.25, -0.2) is 0 Å². The van der Waals surface area contributed by atoms with Crippen molar-refractivity contribution in [1.29, 1.82) is 0 Å². The molecule has 1 aliphatic carbocycles. The number of halogens is 1. The van der Waals surface area contributed by atoms with E-state index in [1.165, 1.54) is 0 Å². The summed E-state index contributed by atoms with van der Waals surface area (Å²) in [7, 11) is 0. The van der Waals surface area contributed by atoms with Crippen LogP contribution in [-0.4, -0.2) is 17.0 Å². The number of aliphatic hydroxyl groups is 1. The van der Waals surface area contributed by atoms with Crippen LogP contribution in [0.3, 0.4) is 0 Å². The van der Waals surface area contributed by atoms with Crippen LogP contribution in [0.15, 0.2) is 24.3 Å². The van der Waals surface area contributed by atoms with Crippen LogP contribution >= 0.6 is 11.6 Å². The van der Waals surface area contributed by atoms with Crippen molar-refractivity contribution < 1.29 is 9.90 Å². The largest absolute Gasteiger partial charge is 0.385 e. The Bertz CT molecular complexity index is 403. The van der Waals surface area contributed by atoms with Crippen molar-refractivity contribution in [1.82, 2.24) is 0 Å². The maximum Gasteiger partial charge on any atom is 0.168 e. The zero-order chi connectivity index (χ0) is 11.7. The van der Waals surface area contributed by atoms with E-state index >= 15 is 0 Å². The molecule has 1 aliphatic rings. The normalized spacial score (nSPS) is 30.4. The number of Topliss-reactive ketones (excluding diaryl/α,β-unsaturated/α-hetero) is 1. The van der Waals surface area contributed by atoms with Gasteiger partial charge in [-0.15, -0.1) is 0 Å². The number of aliphatic hydroxyl groups excluding tert-OH is 1. The van der Waals surface area contributed by atoms with Gasteiger partial charge in [0.2, 0.25) is 0 Å². The summed E-state index contributed by atoms with van der Waals surface area (Å²) >= 11 is 6.10. The first-order valence-corrected chi connectivity index (χ1v) is 5.95. The third-order valence-corrected chi connectivity index (χ3v) is 3.68. The van der Waals surface area contributed by atoms with Gasteiger partial charge < -0.3 is 5.11 Å². The molecule has 0 saturated heterocycles. The zero-order valence-electron chi connectivity index (χ0n) is 9.19. The Hall–Kier alpha value is -0.860. The van der Waals surface area contributed by atoms with E-state index in [9.17, 15) is 9.90 Å². The molecule has 2 rings (SSSR count). The highest BCUT2D eigenvalue weighted by molar-refractivity contribution is 6.31. The van der Waals surface area contributed by atoms with E-state index in [4.69, 9.17) is 11.6 Å². The number of hydrogen-bond donors (Lipinski definition) is 1. The Kier molecular flexibility index (Phi) is 3.31. The highest BCUT2D eigenvalue weighted by Gasteiger charge is 2.36. The molecule has 0 bridgehead atoms. The fraction of sp³-hybridized carbons (Fsp3) is 0.462. The smallest absolute Gasteiger partial charge is 0.168 e. The molecule has 0 radical (unpaired) electrons. The quantitative estimate of drug-likeness (QED) is 0.817. The Morgan fingerprint density at radius 3 is 2.69 bits per heavy atom. The molecular formula is C13H15ClO2. The minimum Gasteiger partial charge on any atom is -0.385 e. The lowest BCUT2D eigenvalue weighted by molar-refractivity contribution is -0.132. The number of hydrogen-bond acceptors (Lipinski definition) is 2. The average molecular weight is 239 g/mol. The number of ketones is 1. The lowest BCUT2D eigenvalue weighted by Gasteiger charge is -2.31. The topological polar surface area (TPSA) is 37.3 Å². The molecule has 2 nitrogen and oxygen atoms in total. The summed E-state index contributed by atoms with van der Waals surface area (Å²) in [6.45, 7) is 2.04. The molecule has 3 atom stereocenters. The predicted octanol–water partition coefficient (Wildman–Crippen LogP) is 2.78. The van der Waals surface area contributed by atoms with E-state index in [0.29, 0.717) is 11.4 Å². The van der Waals surface area contributed by atoms with Gasteiger partial charge in [0.1, 0.15) is 6.10 Å². The molecule has 0 amide bonds. The van der Waals surface area contributed by atoms with Crippen LogP contribution in [0.4, 0.5) is 0 Å². The van der Waals surface area contributed by atoms with Crippen molar-refractivity contribution >= 4 is 17.4 Å². The molecule has 1 saturated carbocycles. The Labute approximate surface area is 100 Å². The maximum absolute atomic E-state index is 12.0. The van der Waals surface area contributed by atoms with E-state index in [1.54, 1.807) is 6.07 Å². The monoisotopic (exact) mass is 238 g/mol. The van der Waals surface area contributed by atoms with Gasteiger partial charge in [0.05, 0.1) is 0 Å². The lowest BCUT2D eigenvalue weighted by atomic mass is 9.74. The molecular weight excluding hydrogens is 224 g/mol. The van der Waals surface area contributed by atoms with Crippen LogP contribution in [0.5, 0.6) is 0 Å². The first-order chi connectivity index (χ1) is 7.61. The standard InChI is InChI=1S/C13H15ClO2/c1-8-6-7-11(15)13(16)12(8)9-4-2-3-5-10(9)14/h2-5,8,11-12,15H,6-7H2,1H3/t8-,11+,12+/m1/s1. The summed E-state index contributed by atoms with van der Waals surface area (Å²) in [5, 5.41) is 10.2. The second-order valence-corrected chi connectivity index (χ2v) is 4.88. The fourth-order valence-electron chi connectivity index (χ4n) is 2.40. The van der Waals surface area contributed by atoms with Crippen LogP contribution in [0, 0.1) is 5.92 Å². The zero-order valence-corrected chi connectivity index (χ0v) is 9.95. The number of carbonyl (C=O) groups is 1. The number of benzene rings is 1. The maximum atomic E-state index is 12.0. The molecule has 1 fully saturated rings. The van der Waals surface area contributed by atoms with E-state index in [-0.39, 0.29) is 17.6 Å². The first-order valence-electron chi connectivity index (χ1n) is 5.57. The summed E-state index contributed by atoms with van der Waals surface area (Å²) in [6.07, 6.45) is 0.612. The molecule has 0 heterocycles. The number of rotatable bonds is 1. The van der Waals surface area contributed by atoms with Crippen molar-refractivity contribution in [3.63, 3.8) is 0 Å². The van der Waals surface area contributed by atoms with Gasteiger partial charge in [-0.2, -0.15) is 0 Å². The summed E-state index contributed by atoms with van der Waals surface area (Å²) in [5.41, 5.74) is 0.848. The second-order valence-electron chi connectivity index (χ2n) is 4.47. The molecule has 0 unspecified atom stereocenters.